The highest BCUT2D eigenvalue weighted by Gasteiger charge is 2.21. The highest BCUT2D eigenvalue weighted by Crippen LogP contribution is 2.29. The van der Waals surface area contributed by atoms with Crippen molar-refractivity contribution in [3.63, 3.8) is 0 Å². The number of nitro benzene ring substituents is 1. The van der Waals surface area contributed by atoms with E-state index in [0.717, 1.165) is 24.3 Å². The molecule has 4 nitrogen and oxygen atoms in total. The van der Waals surface area contributed by atoms with Crippen LogP contribution in [-0.4, -0.2) is 18.0 Å². The topological polar surface area (TPSA) is 55.2 Å². The Balaban J connectivity index is 2.00. The molecule has 2 rings (SSSR count). The maximum Gasteiger partial charge on any atom is 0.272 e. The van der Waals surface area contributed by atoms with Gasteiger partial charge >= 0.3 is 0 Å². The summed E-state index contributed by atoms with van der Waals surface area (Å²) in [5, 5.41) is 14.4. The first-order valence-electron chi connectivity index (χ1n) is 7.60. The zero-order valence-corrected chi connectivity index (χ0v) is 12.2. The number of likely N-dealkylation sites (N-methyl/N-ethyl adjacent to an activating group) is 1. The number of hydrogen-bond acceptors (Lipinski definition) is 3. The number of nitrogens with one attached hydrogen (secondary N) is 1. The molecule has 0 amide bonds. The molecule has 1 N–H and O–H groups in total. The Kier molecular flexibility index (Phi) is 5.53. The number of nitrogens with zero attached hydrogens (tertiary/aromatic N) is 1. The molecule has 20 heavy (non-hydrogen) atoms. The molecule has 1 aromatic rings. The van der Waals surface area contributed by atoms with Crippen molar-refractivity contribution in [2.75, 3.05) is 7.05 Å². The van der Waals surface area contributed by atoms with Crippen molar-refractivity contribution in [3.8, 4) is 0 Å². The van der Waals surface area contributed by atoms with Crippen LogP contribution in [0, 0.1) is 16.0 Å². The molecule has 0 radical (unpaired) electrons. The van der Waals surface area contributed by atoms with Gasteiger partial charge in [0, 0.05) is 17.7 Å². The highest BCUT2D eigenvalue weighted by molar-refractivity contribution is 5.40. The number of nitro groups is 1. The predicted molar refractivity (Wildman–Crippen MR) is 80.8 cm³/mol. The van der Waals surface area contributed by atoms with Gasteiger partial charge in [0.25, 0.3) is 5.69 Å². The van der Waals surface area contributed by atoms with E-state index in [9.17, 15) is 10.1 Å². The first-order chi connectivity index (χ1) is 9.70. The van der Waals surface area contributed by atoms with Gasteiger partial charge in [-0.05, 0) is 25.8 Å². The van der Waals surface area contributed by atoms with Crippen molar-refractivity contribution in [1.82, 2.24) is 5.32 Å². The Labute approximate surface area is 120 Å². The maximum absolute atomic E-state index is 11.1. The fourth-order valence-electron chi connectivity index (χ4n) is 3.26. The van der Waals surface area contributed by atoms with Crippen molar-refractivity contribution in [1.29, 1.82) is 0 Å². The van der Waals surface area contributed by atoms with Crippen LogP contribution in [0.1, 0.15) is 44.1 Å². The Morgan fingerprint density at radius 2 is 2.00 bits per heavy atom. The number of benzene rings is 1. The zero-order valence-electron chi connectivity index (χ0n) is 12.2. The van der Waals surface area contributed by atoms with E-state index in [2.05, 4.69) is 5.32 Å². The minimum absolute atomic E-state index is 0.247. The lowest BCUT2D eigenvalue weighted by molar-refractivity contribution is -0.385. The largest absolute Gasteiger partial charge is 0.317 e. The van der Waals surface area contributed by atoms with Crippen molar-refractivity contribution >= 4 is 5.69 Å². The maximum atomic E-state index is 11.1. The molecule has 1 saturated carbocycles. The third-order valence-electron chi connectivity index (χ3n) is 4.41. The quantitative estimate of drug-likeness (QED) is 0.636. The van der Waals surface area contributed by atoms with Crippen LogP contribution in [-0.2, 0) is 6.42 Å². The number of rotatable bonds is 6. The average Bonchev–Trinajstić information content (AvgIpc) is 2.48. The molecule has 1 aliphatic rings. The van der Waals surface area contributed by atoms with Gasteiger partial charge in [-0.1, -0.05) is 50.3 Å². The van der Waals surface area contributed by atoms with Gasteiger partial charge in [-0.15, -0.1) is 0 Å². The molecule has 1 atom stereocenters. The average molecular weight is 276 g/mol. The third-order valence-corrected chi connectivity index (χ3v) is 4.41. The summed E-state index contributed by atoms with van der Waals surface area (Å²) in [5.41, 5.74) is 1.09. The fraction of sp³-hybridized carbons (Fsp3) is 0.625. The number of para-hydroxylation sites is 1. The van der Waals surface area contributed by atoms with Crippen LogP contribution in [0.2, 0.25) is 0 Å². The van der Waals surface area contributed by atoms with Crippen LogP contribution in [0.4, 0.5) is 5.69 Å². The van der Waals surface area contributed by atoms with Gasteiger partial charge in [-0.25, -0.2) is 0 Å². The minimum Gasteiger partial charge on any atom is -0.317 e. The lowest BCUT2D eigenvalue weighted by Gasteiger charge is -2.26. The lowest BCUT2D eigenvalue weighted by Crippen LogP contribution is -2.31. The second kappa shape index (κ2) is 7.39. The molecular formula is C16H24N2O2. The van der Waals surface area contributed by atoms with Crippen LogP contribution < -0.4 is 5.32 Å². The van der Waals surface area contributed by atoms with E-state index in [1.807, 2.05) is 19.2 Å². The molecular weight excluding hydrogens is 252 g/mol. The van der Waals surface area contributed by atoms with Crippen molar-refractivity contribution in [2.24, 2.45) is 5.92 Å². The Morgan fingerprint density at radius 1 is 1.30 bits per heavy atom. The monoisotopic (exact) mass is 276 g/mol. The first kappa shape index (κ1) is 15.0. The molecule has 0 saturated heterocycles. The van der Waals surface area contributed by atoms with Gasteiger partial charge < -0.3 is 5.32 Å². The molecule has 0 bridgehead atoms. The van der Waals surface area contributed by atoms with E-state index in [1.54, 1.807) is 12.1 Å². The summed E-state index contributed by atoms with van der Waals surface area (Å²) >= 11 is 0. The second-order valence-corrected chi connectivity index (χ2v) is 5.82. The van der Waals surface area contributed by atoms with Crippen molar-refractivity contribution < 1.29 is 4.92 Å². The summed E-state index contributed by atoms with van der Waals surface area (Å²) in [6.07, 6.45) is 8.54. The molecule has 0 aliphatic heterocycles. The summed E-state index contributed by atoms with van der Waals surface area (Å²) in [6.45, 7) is 0. The van der Waals surface area contributed by atoms with Gasteiger partial charge in [-0.2, -0.15) is 0 Å². The Hall–Kier alpha value is -1.42. The molecule has 0 heterocycles. The summed E-state index contributed by atoms with van der Waals surface area (Å²) in [7, 11) is 1.96. The van der Waals surface area contributed by atoms with Gasteiger partial charge in [0.2, 0.25) is 0 Å². The van der Waals surface area contributed by atoms with Gasteiger partial charge in [-0.3, -0.25) is 10.1 Å². The summed E-state index contributed by atoms with van der Waals surface area (Å²) in [4.78, 5) is 10.8. The first-order valence-corrected chi connectivity index (χ1v) is 7.60. The summed E-state index contributed by atoms with van der Waals surface area (Å²) < 4.78 is 0. The molecule has 4 heteroatoms. The van der Waals surface area contributed by atoms with Gasteiger partial charge in [0.15, 0.2) is 0 Å². The number of hydrogen-bond donors (Lipinski definition) is 1. The van der Waals surface area contributed by atoms with Crippen LogP contribution in [0.25, 0.3) is 0 Å². The summed E-state index contributed by atoms with van der Waals surface area (Å²) in [5.74, 6) is 0.781. The molecule has 1 aromatic carbocycles. The Morgan fingerprint density at radius 3 is 2.65 bits per heavy atom. The van der Waals surface area contributed by atoms with Crippen molar-refractivity contribution in [2.45, 2.75) is 51.0 Å². The lowest BCUT2D eigenvalue weighted by atomic mass is 9.83. The van der Waals surface area contributed by atoms with Crippen molar-refractivity contribution in [3.05, 3.63) is 39.9 Å². The van der Waals surface area contributed by atoms with Gasteiger partial charge in [0.1, 0.15) is 0 Å². The highest BCUT2D eigenvalue weighted by atomic mass is 16.6. The Bertz CT molecular complexity index is 442. The van der Waals surface area contributed by atoms with Crippen LogP contribution >= 0.6 is 0 Å². The summed E-state index contributed by atoms with van der Waals surface area (Å²) in [6, 6.07) is 7.43. The fourth-order valence-corrected chi connectivity index (χ4v) is 3.26. The van der Waals surface area contributed by atoms with E-state index >= 15 is 0 Å². The molecule has 110 valence electrons. The zero-order chi connectivity index (χ0) is 14.4. The van der Waals surface area contributed by atoms with E-state index in [1.165, 1.54) is 32.1 Å². The minimum atomic E-state index is -0.275. The van der Waals surface area contributed by atoms with E-state index in [-0.39, 0.29) is 10.6 Å². The van der Waals surface area contributed by atoms with E-state index in [0.29, 0.717) is 6.04 Å². The molecule has 0 spiro atoms. The van der Waals surface area contributed by atoms with Crippen LogP contribution in [0.3, 0.4) is 0 Å². The molecule has 1 aliphatic carbocycles. The van der Waals surface area contributed by atoms with Crippen LogP contribution in [0.5, 0.6) is 0 Å². The van der Waals surface area contributed by atoms with Gasteiger partial charge in [0.05, 0.1) is 4.92 Å². The second-order valence-electron chi connectivity index (χ2n) is 5.82. The predicted octanol–water partition coefficient (Wildman–Crippen LogP) is 3.70. The molecule has 1 fully saturated rings. The smallest absolute Gasteiger partial charge is 0.272 e. The third kappa shape index (κ3) is 4.04. The standard InChI is InChI=1S/C16H24N2O2/c1-17-15(11-13-7-3-2-4-8-13)12-14-9-5-6-10-16(14)18(19)20/h5-6,9-10,13,15,17H,2-4,7-8,11-12H2,1H3. The van der Waals surface area contributed by atoms with E-state index in [4.69, 9.17) is 0 Å². The van der Waals surface area contributed by atoms with E-state index < -0.39 is 0 Å². The molecule has 1 unspecified atom stereocenters. The normalized spacial score (nSPS) is 17.9. The molecule has 0 aromatic heterocycles. The SMILES string of the molecule is CNC(Cc1ccccc1[N+](=O)[O-])CC1CCCCC1. The van der Waals surface area contributed by atoms with Crippen LogP contribution in [0.15, 0.2) is 24.3 Å².